The molecular weight excluding hydrogens is 402 g/mol. The van der Waals surface area contributed by atoms with E-state index in [1.165, 1.54) is 18.4 Å². The summed E-state index contributed by atoms with van der Waals surface area (Å²) < 4.78 is 5.41. The predicted molar refractivity (Wildman–Crippen MR) is 127 cm³/mol. The van der Waals surface area contributed by atoms with Crippen molar-refractivity contribution in [1.82, 2.24) is 20.2 Å². The Bertz CT molecular complexity index is 973. The normalized spacial score (nSPS) is 16.8. The molecule has 1 saturated carbocycles. The highest BCUT2D eigenvalue weighted by Crippen LogP contribution is 2.39. The number of hydrogen-bond acceptors (Lipinski definition) is 5. The molecule has 1 aliphatic carbocycles. The van der Waals surface area contributed by atoms with Gasteiger partial charge in [-0.3, -0.25) is 0 Å². The van der Waals surface area contributed by atoms with E-state index in [0.717, 1.165) is 48.2 Å². The maximum absolute atomic E-state index is 12.6. The molecule has 172 valence electrons. The number of aryl methyl sites for hydroxylation is 1. The zero-order valence-corrected chi connectivity index (χ0v) is 19.9. The summed E-state index contributed by atoms with van der Waals surface area (Å²) in [6.45, 7) is 11.0. The summed E-state index contributed by atoms with van der Waals surface area (Å²) in [5.74, 6) is 3.35. The lowest BCUT2D eigenvalue weighted by Crippen LogP contribution is -2.55. The first-order valence-corrected chi connectivity index (χ1v) is 11.6. The van der Waals surface area contributed by atoms with Crippen molar-refractivity contribution < 1.29 is 9.53 Å². The topological polar surface area (TPSA) is 70.6 Å². The van der Waals surface area contributed by atoms with Crippen molar-refractivity contribution in [2.45, 2.75) is 58.4 Å². The van der Waals surface area contributed by atoms with Gasteiger partial charge < -0.3 is 19.9 Å². The van der Waals surface area contributed by atoms with Gasteiger partial charge in [0.15, 0.2) is 0 Å². The number of aromatic nitrogens is 2. The summed E-state index contributed by atoms with van der Waals surface area (Å²) in [6.07, 6.45) is 3.11. The van der Waals surface area contributed by atoms with E-state index < -0.39 is 0 Å². The monoisotopic (exact) mass is 437 g/mol. The lowest BCUT2D eigenvalue weighted by molar-refractivity contribution is 0.185. The Morgan fingerprint density at radius 3 is 2.50 bits per heavy atom. The van der Waals surface area contributed by atoms with E-state index in [1.54, 1.807) is 7.11 Å². The molecule has 2 amide bonds. The molecule has 0 spiro atoms. The van der Waals surface area contributed by atoms with Crippen LogP contribution in [0.15, 0.2) is 24.3 Å². The van der Waals surface area contributed by atoms with E-state index in [1.807, 2.05) is 37.8 Å². The molecule has 1 aromatic carbocycles. The Morgan fingerprint density at radius 1 is 1.16 bits per heavy atom. The molecule has 1 aromatic heterocycles. The van der Waals surface area contributed by atoms with Gasteiger partial charge in [-0.15, -0.1) is 0 Å². The number of urea groups is 1. The molecule has 7 heteroatoms. The second-order valence-electron chi connectivity index (χ2n) is 9.93. The highest BCUT2D eigenvalue weighted by atomic mass is 16.5. The number of hydrogen-bond donors (Lipinski definition) is 1. The van der Waals surface area contributed by atoms with Crippen LogP contribution in [0, 0.1) is 6.92 Å². The highest BCUT2D eigenvalue weighted by molar-refractivity contribution is 5.75. The first-order valence-electron chi connectivity index (χ1n) is 11.6. The molecule has 0 atom stereocenters. The summed E-state index contributed by atoms with van der Waals surface area (Å²) in [4.78, 5) is 26.7. The van der Waals surface area contributed by atoms with E-state index in [0.29, 0.717) is 19.0 Å². The zero-order chi connectivity index (χ0) is 22.9. The Morgan fingerprint density at radius 2 is 1.88 bits per heavy atom. The van der Waals surface area contributed by atoms with E-state index in [2.05, 4.69) is 29.3 Å². The number of methoxy groups -OCH3 is 1. The largest absolute Gasteiger partial charge is 0.497 e. The van der Waals surface area contributed by atoms with Gasteiger partial charge in [0.1, 0.15) is 17.4 Å². The van der Waals surface area contributed by atoms with Crippen LogP contribution in [-0.4, -0.2) is 59.7 Å². The fourth-order valence-corrected chi connectivity index (χ4v) is 4.10. The maximum atomic E-state index is 12.6. The minimum absolute atomic E-state index is 0.00583. The molecule has 4 rings (SSSR count). The van der Waals surface area contributed by atoms with Crippen LogP contribution < -0.4 is 15.0 Å². The van der Waals surface area contributed by atoms with Gasteiger partial charge in [-0.2, -0.15) is 0 Å². The fourth-order valence-electron chi connectivity index (χ4n) is 4.10. The lowest BCUT2D eigenvalue weighted by Gasteiger charge is -2.37. The number of amides is 2. The number of rotatable bonds is 5. The molecular formula is C25H35N5O2. The number of benzene rings is 1. The van der Waals surface area contributed by atoms with E-state index in [-0.39, 0.29) is 11.6 Å². The van der Waals surface area contributed by atoms with Crippen molar-refractivity contribution in [3.05, 3.63) is 46.9 Å². The second-order valence-corrected chi connectivity index (χ2v) is 9.93. The molecule has 2 aromatic rings. The zero-order valence-electron chi connectivity index (χ0n) is 19.9. The van der Waals surface area contributed by atoms with Gasteiger partial charge in [0, 0.05) is 55.3 Å². The maximum Gasteiger partial charge on any atom is 0.317 e. The smallest absolute Gasteiger partial charge is 0.317 e. The molecule has 7 nitrogen and oxygen atoms in total. The summed E-state index contributed by atoms with van der Waals surface area (Å²) in [5, 5.41) is 3.07. The van der Waals surface area contributed by atoms with Crippen LogP contribution in [-0.2, 0) is 6.42 Å². The Labute approximate surface area is 191 Å². The van der Waals surface area contributed by atoms with Gasteiger partial charge in [0.25, 0.3) is 0 Å². The molecule has 0 radical (unpaired) electrons. The van der Waals surface area contributed by atoms with Crippen molar-refractivity contribution in [3.63, 3.8) is 0 Å². The number of carbonyl (C=O) groups is 1. The van der Waals surface area contributed by atoms with Gasteiger partial charge in [0.2, 0.25) is 0 Å². The van der Waals surface area contributed by atoms with Gasteiger partial charge in [-0.1, -0.05) is 12.1 Å². The SMILES string of the molecule is COc1cccc(Cc2c(C)nc(C3CC3)nc2N2CCN(C(=O)NC(C)(C)C)CC2)c1. The average Bonchev–Trinajstić information content (AvgIpc) is 3.59. The van der Waals surface area contributed by atoms with E-state index in [9.17, 15) is 4.79 Å². The van der Waals surface area contributed by atoms with E-state index in [4.69, 9.17) is 14.7 Å². The van der Waals surface area contributed by atoms with Crippen LogP contribution >= 0.6 is 0 Å². The Hall–Kier alpha value is -2.83. The van der Waals surface area contributed by atoms with Gasteiger partial charge in [-0.25, -0.2) is 14.8 Å². The second kappa shape index (κ2) is 8.96. The minimum atomic E-state index is -0.235. The van der Waals surface area contributed by atoms with Crippen LogP contribution in [0.4, 0.5) is 10.6 Å². The third-order valence-corrected chi connectivity index (χ3v) is 6.02. The van der Waals surface area contributed by atoms with Crippen LogP contribution in [0.3, 0.4) is 0 Å². The molecule has 2 heterocycles. The van der Waals surface area contributed by atoms with Crippen molar-refractivity contribution in [2.75, 3.05) is 38.2 Å². The summed E-state index contributed by atoms with van der Waals surface area (Å²) in [5.41, 5.74) is 3.16. The molecule has 0 unspecified atom stereocenters. The van der Waals surface area contributed by atoms with Gasteiger partial charge in [0.05, 0.1) is 7.11 Å². The molecule has 2 fully saturated rings. The lowest BCUT2D eigenvalue weighted by atomic mass is 10.0. The van der Waals surface area contributed by atoms with Crippen LogP contribution in [0.5, 0.6) is 5.75 Å². The van der Waals surface area contributed by atoms with Crippen molar-refractivity contribution in [2.24, 2.45) is 0 Å². The first kappa shape index (κ1) is 22.4. The summed E-state index contributed by atoms with van der Waals surface area (Å²) >= 11 is 0. The Kier molecular flexibility index (Phi) is 6.26. The summed E-state index contributed by atoms with van der Waals surface area (Å²) in [7, 11) is 1.69. The molecule has 2 aliphatic rings. The highest BCUT2D eigenvalue weighted by Gasteiger charge is 2.31. The van der Waals surface area contributed by atoms with E-state index >= 15 is 0 Å². The number of nitrogens with zero attached hydrogens (tertiary/aromatic N) is 4. The molecule has 1 aliphatic heterocycles. The molecule has 0 bridgehead atoms. The van der Waals surface area contributed by atoms with Crippen LogP contribution in [0.2, 0.25) is 0 Å². The predicted octanol–water partition coefficient (Wildman–Crippen LogP) is 3.89. The third kappa shape index (κ3) is 5.31. The number of nitrogens with one attached hydrogen (secondary N) is 1. The average molecular weight is 438 g/mol. The van der Waals surface area contributed by atoms with Crippen LogP contribution in [0.25, 0.3) is 0 Å². The number of piperazine rings is 1. The number of carbonyl (C=O) groups excluding carboxylic acids is 1. The molecule has 1 saturated heterocycles. The van der Waals surface area contributed by atoms with Crippen molar-refractivity contribution in [3.8, 4) is 5.75 Å². The van der Waals surface area contributed by atoms with Gasteiger partial charge in [-0.05, 0) is 58.2 Å². The number of anilines is 1. The molecule has 1 N–H and O–H groups in total. The van der Waals surface area contributed by atoms with Crippen molar-refractivity contribution >= 4 is 11.8 Å². The van der Waals surface area contributed by atoms with Crippen LogP contribution in [0.1, 0.15) is 62.2 Å². The fraction of sp³-hybridized carbons (Fsp3) is 0.560. The third-order valence-electron chi connectivity index (χ3n) is 6.02. The molecule has 32 heavy (non-hydrogen) atoms. The summed E-state index contributed by atoms with van der Waals surface area (Å²) in [6, 6.07) is 8.19. The van der Waals surface area contributed by atoms with Gasteiger partial charge >= 0.3 is 6.03 Å². The Balaban J connectivity index is 1.56. The first-order chi connectivity index (χ1) is 15.2. The standard InChI is InChI=1S/C25H35N5O2/c1-17-21(16-18-7-6-8-20(15-18)32-5)23(27-22(26-17)19-9-10-19)29-11-13-30(14-12-29)24(31)28-25(2,3)4/h6-8,15,19H,9-14,16H2,1-5H3,(H,28,31). The minimum Gasteiger partial charge on any atom is -0.497 e. The number of ether oxygens (including phenoxy) is 1. The van der Waals surface area contributed by atoms with Crippen molar-refractivity contribution in [1.29, 1.82) is 0 Å². The quantitative estimate of drug-likeness (QED) is 0.768.